The summed E-state index contributed by atoms with van der Waals surface area (Å²) in [4.78, 5) is 31.6. The third kappa shape index (κ3) is 4.32. The second kappa shape index (κ2) is 8.69. The summed E-state index contributed by atoms with van der Waals surface area (Å²) in [5.74, 6) is -0.161. The van der Waals surface area contributed by atoms with Crippen LogP contribution >= 0.6 is 27.3 Å². The Kier molecular flexibility index (Phi) is 6.01. The second-order valence-corrected chi connectivity index (χ2v) is 9.16. The fourth-order valence-corrected chi connectivity index (χ4v) is 4.55. The minimum absolute atomic E-state index is 0.0179. The number of nitrogens with zero attached hydrogens (tertiary/aromatic N) is 4. The van der Waals surface area contributed by atoms with Crippen LogP contribution in [0.15, 0.2) is 40.3 Å². The van der Waals surface area contributed by atoms with Gasteiger partial charge in [-0.15, -0.1) is 11.3 Å². The maximum absolute atomic E-state index is 13.0. The first-order valence-electron chi connectivity index (χ1n) is 9.75. The molecule has 0 unspecified atom stereocenters. The molecule has 0 spiro atoms. The predicted octanol–water partition coefficient (Wildman–Crippen LogP) is 4.20. The molecule has 1 saturated heterocycles. The van der Waals surface area contributed by atoms with Crippen LogP contribution in [0, 0.1) is 19.8 Å². The van der Waals surface area contributed by atoms with E-state index < -0.39 is 0 Å². The van der Waals surface area contributed by atoms with Crippen molar-refractivity contribution in [3.8, 4) is 5.69 Å². The molecule has 1 fully saturated rings. The summed E-state index contributed by atoms with van der Waals surface area (Å²) in [7, 11) is 0. The molecule has 1 N–H and O–H groups in total. The van der Waals surface area contributed by atoms with Crippen LogP contribution in [0.2, 0.25) is 0 Å². The molecule has 0 aliphatic carbocycles. The molecule has 3 aromatic rings. The third-order valence-corrected chi connectivity index (χ3v) is 6.72. The molecule has 2 aromatic heterocycles. The number of rotatable bonds is 4. The van der Waals surface area contributed by atoms with Crippen molar-refractivity contribution in [2.75, 3.05) is 18.4 Å². The SMILES string of the molecule is Cc1csc(NC(=O)C2CCN(C(=O)c3cnn(-c4ccc(Br)cc4)c3C)CC2)n1. The molecule has 2 amide bonds. The van der Waals surface area contributed by atoms with E-state index in [0.717, 1.165) is 21.5 Å². The number of amides is 2. The van der Waals surface area contributed by atoms with Crippen molar-refractivity contribution >= 4 is 44.2 Å². The van der Waals surface area contributed by atoms with Crippen molar-refractivity contribution in [1.82, 2.24) is 19.7 Å². The van der Waals surface area contributed by atoms with Crippen LogP contribution in [-0.2, 0) is 4.79 Å². The zero-order chi connectivity index (χ0) is 21.3. The van der Waals surface area contributed by atoms with E-state index in [1.165, 1.54) is 11.3 Å². The van der Waals surface area contributed by atoms with Crippen LogP contribution in [-0.4, -0.2) is 44.6 Å². The molecule has 9 heteroatoms. The number of carbonyl (C=O) groups is 2. The number of piperidine rings is 1. The van der Waals surface area contributed by atoms with E-state index in [1.54, 1.807) is 10.9 Å². The van der Waals surface area contributed by atoms with Crippen LogP contribution in [0.5, 0.6) is 0 Å². The molecule has 30 heavy (non-hydrogen) atoms. The summed E-state index contributed by atoms with van der Waals surface area (Å²) >= 11 is 4.86. The number of hydrogen-bond acceptors (Lipinski definition) is 5. The summed E-state index contributed by atoms with van der Waals surface area (Å²) in [6.45, 7) is 4.91. The highest BCUT2D eigenvalue weighted by Gasteiger charge is 2.29. The molecule has 156 valence electrons. The minimum atomic E-state index is -0.107. The van der Waals surface area contributed by atoms with Crippen LogP contribution in [0.4, 0.5) is 5.13 Å². The normalized spacial score (nSPS) is 14.7. The summed E-state index contributed by atoms with van der Waals surface area (Å²) in [6.07, 6.45) is 2.91. The lowest BCUT2D eigenvalue weighted by Gasteiger charge is -2.31. The zero-order valence-electron chi connectivity index (χ0n) is 16.8. The van der Waals surface area contributed by atoms with Crippen LogP contribution in [0.25, 0.3) is 5.69 Å². The van der Waals surface area contributed by atoms with E-state index in [9.17, 15) is 9.59 Å². The smallest absolute Gasteiger partial charge is 0.257 e. The molecule has 0 bridgehead atoms. The molecule has 0 saturated carbocycles. The zero-order valence-corrected chi connectivity index (χ0v) is 19.2. The molecule has 7 nitrogen and oxygen atoms in total. The highest BCUT2D eigenvalue weighted by atomic mass is 79.9. The summed E-state index contributed by atoms with van der Waals surface area (Å²) < 4.78 is 2.76. The highest BCUT2D eigenvalue weighted by Crippen LogP contribution is 2.24. The third-order valence-electron chi connectivity index (χ3n) is 5.31. The van der Waals surface area contributed by atoms with Gasteiger partial charge >= 0.3 is 0 Å². The number of halogens is 1. The molecule has 1 aliphatic rings. The fraction of sp³-hybridized carbons (Fsp3) is 0.333. The monoisotopic (exact) mass is 487 g/mol. The van der Waals surface area contributed by atoms with E-state index in [4.69, 9.17) is 0 Å². The van der Waals surface area contributed by atoms with Gasteiger partial charge in [0.25, 0.3) is 5.91 Å². The average molecular weight is 488 g/mol. The van der Waals surface area contributed by atoms with Crippen molar-refractivity contribution in [3.63, 3.8) is 0 Å². The minimum Gasteiger partial charge on any atom is -0.338 e. The Morgan fingerprint density at radius 3 is 2.50 bits per heavy atom. The van der Waals surface area contributed by atoms with E-state index in [0.29, 0.717) is 36.6 Å². The fourth-order valence-electron chi connectivity index (χ4n) is 3.60. The number of likely N-dealkylation sites (tertiary alicyclic amines) is 1. The molecular formula is C21H22BrN5O2S. The van der Waals surface area contributed by atoms with Gasteiger partial charge in [0.1, 0.15) is 0 Å². The molecule has 1 aromatic carbocycles. The Morgan fingerprint density at radius 1 is 1.17 bits per heavy atom. The number of hydrogen-bond donors (Lipinski definition) is 1. The van der Waals surface area contributed by atoms with Gasteiger partial charge in [-0.3, -0.25) is 9.59 Å². The van der Waals surface area contributed by atoms with E-state index in [1.807, 2.05) is 48.4 Å². The maximum atomic E-state index is 13.0. The molecule has 0 atom stereocenters. The van der Waals surface area contributed by atoms with E-state index >= 15 is 0 Å². The first-order valence-corrected chi connectivity index (χ1v) is 11.4. The van der Waals surface area contributed by atoms with E-state index in [2.05, 4.69) is 31.3 Å². The molecule has 4 rings (SSSR count). The van der Waals surface area contributed by atoms with Gasteiger partial charge in [0, 0.05) is 28.9 Å². The van der Waals surface area contributed by atoms with Gasteiger partial charge in [-0.05, 0) is 51.0 Å². The second-order valence-electron chi connectivity index (χ2n) is 7.38. The maximum Gasteiger partial charge on any atom is 0.257 e. The lowest BCUT2D eigenvalue weighted by molar-refractivity contribution is -0.121. The average Bonchev–Trinajstić information content (AvgIpc) is 3.33. The number of aryl methyl sites for hydroxylation is 1. The van der Waals surface area contributed by atoms with Crippen molar-refractivity contribution in [2.45, 2.75) is 26.7 Å². The number of anilines is 1. The first-order chi connectivity index (χ1) is 14.4. The van der Waals surface area contributed by atoms with Crippen LogP contribution in [0.1, 0.15) is 34.6 Å². The van der Waals surface area contributed by atoms with Crippen LogP contribution < -0.4 is 5.32 Å². The van der Waals surface area contributed by atoms with Gasteiger partial charge in [-0.2, -0.15) is 5.10 Å². The number of aromatic nitrogens is 3. The van der Waals surface area contributed by atoms with E-state index in [-0.39, 0.29) is 17.7 Å². The Labute approximate surface area is 187 Å². The Bertz CT molecular complexity index is 1070. The molecule has 3 heterocycles. The number of nitrogens with one attached hydrogen (secondary N) is 1. The van der Waals surface area contributed by atoms with Crippen LogP contribution in [0.3, 0.4) is 0 Å². The standard InChI is InChI=1S/C21H22BrN5O2S/c1-13-12-30-21(24-13)25-19(28)15-7-9-26(10-8-15)20(29)18-11-23-27(14(18)2)17-5-3-16(22)4-6-17/h3-6,11-12,15H,7-10H2,1-2H3,(H,24,25,28). The largest absolute Gasteiger partial charge is 0.338 e. The summed E-state index contributed by atoms with van der Waals surface area (Å²) in [5, 5.41) is 9.84. The van der Waals surface area contributed by atoms with Crippen molar-refractivity contribution < 1.29 is 9.59 Å². The lowest BCUT2D eigenvalue weighted by atomic mass is 9.95. The summed E-state index contributed by atoms with van der Waals surface area (Å²) in [5.41, 5.74) is 3.21. The van der Waals surface area contributed by atoms with Gasteiger partial charge in [-0.1, -0.05) is 15.9 Å². The lowest BCUT2D eigenvalue weighted by Crippen LogP contribution is -2.41. The molecular weight excluding hydrogens is 466 g/mol. The number of benzene rings is 1. The quantitative estimate of drug-likeness (QED) is 0.597. The highest BCUT2D eigenvalue weighted by molar-refractivity contribution is 9.10. The molecule has 1 aliphatic heterocycles. The van der Waals surface area contributed by atoms with Crippen molar-refractivity contribution in [3.05, 3.63) is 57.3 Å². The Hall–Kier alpha value is -2.52. The topological polar surface area (TPSA) is 80.1 Å². The van der Waals surface area contributed by atoms with Gasteiger partial charge in [0.15, 0.2) is 5.13 Å². The van der Waals surface area contributed by atoms with Crippen molar-refractivity contribution in [1.29, 1.82) is 0 Å². The summed E-state index contributed by atoms with van der Waals surface area (Å²) in [6, 6.07) is 7.79. The predicted molar refractivity (Wildman–Crippen MR) is 120 cm³/mol. The Morgan fingerprint density at radius 2 is 1.87 bits per heavy atom. The van der Waals surface area contributed by atoms with Gasteiger partial charge in [0.2, 0.25) is 5.91 Å². The van der Waals surface area contributed by atoms with Crippen molar-refractivity contribution in [2.24, 2.45) is 5.92 Å². The number of carbonyl (C=O) groups excluding carboxylic acids is 2. The first kappa shape index (κ1) is 20.7. The molecule has 0 radical (unpaired) electrons. The Balaban J connectivity index is 1.38. The van der Waals surface area contributed by atoms with Gasteiger partial charge in [0.05, 0.1) is 28.8 Å². The van der Waals surface area contributed by atoms with Gasteiger partial charge < -0.3 is 10.2 Å². The van der Waals surface area contributed by atoms with Gasteiger partial charge in [-0.25, -0.2) is 9.67 Å². The number of thiazole rings is 1.